The van der Waals surface area contributed by atoms with Crippen molar-refractivity contribution >= 4 is 23.2 Å². The highest BCUT2D eigenvalue weighted by Crippen LogP contribution is 2.21. The maximum atomic E-state index is 11.8. The van der Waals surface area contributed by atoms with Crippen LogP contribution in [0.3, 0.4) is 0 Å². The normalized spacial score (nSPS) is 10.1. The van der Waals surface area contributed by atoms with Crippen molar-refractivity contribution in [1.29, 1.82) is 0 Å². The van der Waals surface area contributed by atoms with Crippen LogP contribution < -0.4 is 5.32 Å². The molecule has 0 saturated heterocycles. The number of furan rings is 1. The van der Waals surface area contributed by atoms with Crippen LogP contribution in [-0.4, -0.2) is 5.91 Å². The minimum atomic E-state index is -0.223. The van der Waals surface area contributed by atoms with Gasteiger partial charge in [0.05, 0.1) is 22.5 Å². The zero-order valence-electron chi connectivity index (χ0n) is 8.66. The van der Waals surface area contributed by atoms with Crippen LogP contribution in [0.2, 0.25) is 5.02 Å². The van der Waals surface area contributed by atoms with E-state index in [1.54, 1.807) is 31.2 Å². The number of hydrogen-bond donors (Lipinski definition) is 1. The summed E-state index contributed by atoms with van der Waals surface area (Å²) in [6.45, 7) is 1.74. The zero-order valence-corrected chi connectivity index (χ0v) is 9.41. The molecule has 2 rings (SSSR count). The Hall–Kier alpha value is -1.74. The summed E-state index contributed by atoms with van der Waals surface area (Å²) in [6, 6.07) is 8.71. The first kappa shape index (κ1) is 10.8. The predicted octanol–water partition coefficient (Wildman–Crippen LogP) is 3.49. The number of aryl methyl sites for hydroxylation is 1. The van der Waals surface area contributed by atoms with Gasteiger partial charge in [0.15, 0.2) is 0 Å². The van der Waals surface area contributed by atoms with Crippen molar-refractivity contribution in [3.05, 3.63) is 52.9 Å². The standard InChI is InChI=1S/C12H10ClNO2/c1-8-9(6-7-16-8)12(15)14-11-5-3-2-4-10(11)13/h2-7H,1H3,(H,14,15). The molecule has 16 heavy (non-hydrogen) atoms. The molecule has 0 saturated carbocycles. The van der Waals surface area contributed by atoms with Gasteiger partial charge in [-0.25, -0.2) is 0 Å². The van der Waals surface area contributed by atoms with Gasteiger partial charge in [0.1, 0.15) is 5.76 Å². The molecule has 0 unspecified atom stereocenters. The van der Waals surface area contributed by atoms with Crippen molar-refractivity contribution in [2.24, 2.45) is 0 Å². The number of rotatable bonds is 2. The van der Waals surface area contributed by atoms with Crippen LogP contribution in [0.4, 0.5) is 5.69 Å². The van der Waals surface area contributed by atoms with Crippen LogP contribution in [0.25, 0.3) is 0 Å². The SMILES string of the molecule is Cc1occc1C(=O)Nc1ccccc1Cl. The lowest BCUT2D eigenvalue weighted by atomic mass is 10.2. The number of benzene rings is 1. The quantitative estimate of drug-likeness (QED) is 0.866. The van der Waals surface area contributed by atoms with Crippen LogP contribution in [0.1, 0.15) is 16.1 Å². The van der Waals surface area contributed by atoms with E-state index in [0.717, 1.165) is 0 Å². The first-order chi connectivity index (χ1) is 7.68. The van der Waals surface area contributed by atoms with Gasteiger partial charge in [-0.15, -0.1) is 0 Å². The molecule has 0 aliphatic heterocycles. The number of amides is 1. The lowest BCUT2D eigenvalue weighted by molar-refractivity contribution is 0.102. The summed E-state index contributed by atoms with van der Waals surface area (Å²) in [5.41, 5.74) is 1.11. The van der Waals surface area contributed by atoms with Gasteiger partial charge in [0.25, 0.3) is 5.91 Å². The fourth-order valence-corrected chi connectivity index (χ4v) is 1.56. The van der Waals surface area contributed by atoms with Crippen molar-refractivity contribution < 1.29 is 9.21 Å². The Morgan fingerprint density at radius 2 is 2.06 bits per heavy atom. The lowest BCUT2D eigenvalue weighted by Crippen LogP contribution is -2.12. The average Bonchev–Trinajstić information content (AvgIpc) is 2.68. The summed E-state index contributed by atoms with van der Waals surface area (Å²) in [5.74, 6) is 0.365. The molecule has 0 atom stereocenters. The van der Waals surface area contributed by atoms with E-state index in [0.29, 0.717) is 22.0 Å². The summed E-state index contributed by atoms with van der Waals surface area (Å²) < 4.78 is 5.06. The molecule has 0 aliphatic rings. The van der Waals surface area contributed by atoms with Crippen molar-refractivity contribution in [2.75, 3.05) is 5.32 Å². The van der Waals surface area contributed by atoms with Crippen molar-refractivity contribution in [2.45, 2.75) is 6.92 Å². The Balaban J connectivity index is 2.21. The second-order valence-corrected chi connectivity index (χ2v) is 3.73. The third-order valence-corrected chi connectivity index (χ3v) is 2.56. The number of anilines is 1. The Labute approximate surface area is 98.0 Å². The van der Waals surface area contributed by atoms with Gasteiger partial charge in [-0.3, -0.25) is 4.79 Å². The van der Waals surface area contributed by atoms with Crippen LogP contribution in [0.5, 0.6) is 0 Å². The third-order valence-electron chi connectivity index (χ3n) is 2.23. The predicted molar refractivity (Wildman–Crippen MR) is 62.9 cm³/mol. The molecular formula is C12H10ClNO2. The molecule has 0 bridgehead atoms. The van der Waals surface area contributed by atoms with E-state index in [9.17, 15) is 4.79 Å². The molecule has 3 nitrogen and oxygen atoms in total. The van der Waals surface area contributed by atoms with Crippen LogP contribution in [-0.2, 0) is 0 Å². The maximum absolute atomic E-state index is 11.8. The molecule has 1 heterocycles. The van der Waals surface area contributed by atoms with Crippen molar-refractivity contribution in [3.8, 4) is 0 Å². The molecule has 1 aromatic carbocycles. The Morgan fingerprint density at radius 1 is 1.31 bits per heavy atom. The van der Waals surface area contributed by atoms with Gasteiger partial charge in [0.2, 0.25) is 0 Å². The van der Waals surface area contributed by atoms with Crippen LogP contribution in [0, 0.1) is 6.92 Å². The highest BCUT2D eigenvalue weighted by Gasteiger charge is 2.12. The molecule has 1 amide bonds. The van der Waals surface area contributed by atoms with E-state index in [-0.39, 0.29) is 5.91 Å². The Bertz CT molecular complexity index is 519. The fraction of sp³-hybridized carbons (Fsp3) is 0.0833. The molecule has 0 aliphatic carbocycles. The summed E-state index contributed by atoms with van der Waals surface area (Å²) in [5, 5.41) is 3.23. The third kappa shape index (κ3) is 2.09. The minimum Gasteiger partial charge on any atom is -0.469 e. The summed E-state index contributed by atoms with van der Waals surface area (Å²) >= 11 is 5.93. The number of carbonyl (C=O) groups is 1. The van der Waals surface area contributed by atoms with Gasteiger partial charge in [-0.2, -0.15) is 0 Å². The van der Waals surface area contributed by atoms with E-state index in [4.69, 9.17) is 16.0 Å². The summed E-state index contributed by atoms with van der Waals surface area (Å²) in [6.07, 6.45) is 1.48. The molecule has 82 valence electrons. The van der Waals surface area contributed by atoms with Crippen molar-refractivity contribution in [1.82, 2.24) is 0 Å². The number of hydrogen-bond acceptors (Lipinski definition) is 2. The zero-order chi connectivity index (χ0) is 11.5. The van der Waals surface area contributed by atoms with Crippen molar-refractivity contribution in [3.63, 3.8) is 0 Å². The Morgan fingerprint density at radius 3 is 2.69 bits per heavy atom. The lowest BCUT2D eigenvalue weighted by Gasteiger charge is -2.05. The summed E-state index contributed by atoms with van der Waals surface area (Å²) in [4.78, 5) is 11.8. The second-order valence-electron chi connectivity index (χ2n) is 3.32. The molecule has 2 aromatic rings. The Kier molecular flexibility index (Phi) is 2.97. The molecule has 0 radical (unpaired) electrons. The van der Waals surface area contributed by atoms with Gasteiger partial charge in [-0.1, -0.05) is 23.7 Å². The summed E-state index contributed by atoms with van der Waals surface area (Å²) in [7, 11) is 0. The topological polar surface area (TPSA) is 42.2 Å². The number of para-hydroxylation sites is 1. The molecule has 0 fully saturated rings. The van der Waals surface area contributed by atoms with E-state index in [1.165, 1.54) is 6.26 Å². The van der Waals surface area contributed by atoms with Gasteiger partial charge in [-0.05, 0) is 25.1 Å². The van der Waals surface area contributed by atoms with E-state index in [1.807, 2.05) is 6.07 Å². The molecule has 1 N–H and O–H groups in total. The van der Waals surface area contributed by atoms with E-state index < -0.39 is 0 Å². The average molecular weight is 236 g/mol. The molecular weight excluding hydrogens is 226 g/mol. The smallest absolute Gasteiger partial charge is 0.259 e. The second kappa shape index (κ2) is 4.41. The number of halogens is 1. The first-order valence-corrected chi connectivity index (χ1v) is 5.16. The minimum absolute atomic E-state index is 0.223. The van der Waals surface area contributed by atoms with Gasteiger partial charge < -0.3 is 9.73 Å². The number of carbonyl (C=O) groups excluding carboxylic acids is 1. The highest BCUT2D eigenvalue weighted by molar-refractivity contribution is 6.33. The van der Waals surface area contributed by atoms with E-state index in [2.05, 4.69) is 5.32 Å². The van der Waals surface area contributed by atoms with Crippen LogP contribution in [0.15, 0.2) is 41.0 Å². The molecule has 1 aromatic heterocycles. The maximum Gasteiger partial charge on any atom is 0.259 e. The fourth-order valence-electron chi connectivity index (χ4n) is 1.37. The van der Waals surface area contributed by atoms with Gasteiger partial charge >= 0.3 is 0 Å². The highest BCUT2D eigenvalue weighted by atomic mass is 35.5. The van der Waals surface area contributed by atoms with Gasteiger partial charge in [0, 0.05) is 0 Å². The molecule has 4 heteroatoms. The van der Waals surface area contributed by atoms with Crippen LogP contribution >= 0.6 is 11.6 Å². The van der Waals surface area contributed by atoms with E-state index >= 15 is 0 Å². The molecule has 0 spiro atoms. The largest absolute Gasteiger partial charge is 0.469 e. The first-order valence-electron chi connectivity index (χ1n) is 4.78. The monoisotopic (exact) mass is 235 g/mol. The number of nitrogens with one attached hydrogen (secondary N) is 1.